The summed E-state index contributed by atoms with van der Waals surface area (Å²) in [6, 6.07) is 12.8. The number of fused-ring (bicyclic) bond motifs is 2. The molecule has 1 aliphatic heterocycles. The molecule has 0 aliphatic carbocycles. The summed E-state index contributed by atoms with van der Waals surface area (Å²) >= 11 is 1.41. The van der Waals surface area contributed by atoms with Crippen molar-refractivity contribution in [2.45, 2.75) is 55.0 Å². The van der Waals surface area contributed by atoms with Crippen molar-refractivity contribution in [3.8, 4) is 0 Å². The van der Waals surface area contributed by atoms with E-state index in [-0.39, 0.29) is 16.1 Å². The third-order valence-electron chi connectivity index (χ3n) is 5.53. The molecule has 7 nitrogen and oxygen atoms in total. The summed E-state index contributed by atoms with van der Waals surface area (Å²) in [5.41, 5.74) is 3.59. The van der Waals surface area contributed by atoms with Crippen LogP contribution in [0.25, 0.3) is 11.0 Å². The van der Waals surface area contributed by atoms with E-state index < -0.39 is 10.0 Å². The number of thioether (sulfide) groups is 1. The number of para-hydroxylation sites is 1. The number of nitrogens with zero attached hydrogens (tertiary/aromatic N) is 3. The van der Waals surface area contributed by atoms with Gasteiger partial charge in [-0.2, -0.15) is 0 Å². The molecule has 1 amide bonds. The predicted molar refractivity (Wildman–Crippen MR) is 124 cm³/mol. The molecule has 9 heteroatoms. The number of sulfonamides is 1. The lowest BCUT2D eigenvalue weighted by Gasteiger charge is -2.21. The van der Waals surface area contributed by atoms with Crippen LogP contribution in [0.4, 0.5) is 5.69 Å². The highest BCUT2D eigenvalue weighted by atomic mass is 32.2. The number of amides is 1. The summed E-state index contributed by atoms with van der Waals surface area (Å²) < 4.78 is 25.6. The van der Waals surface area contributed by atoms with E-state index in [1.54, 1.807) is 6.07 Å². The maximum absolute atomic E-state index is 13.2. The van der Waals surface area contributed by atoms with Gasteiger partial charge in [-0.25, -0.2) is 18.5 Å². The van der Waals surface area contributed by atoms with Gasteiger partial charge in [-0.15, -0.1) is 0 Å². The molecule has 0 saturated carbocycles. The fourth-order valence-electron chi connectivity index (χ4n) is 3.88. The standard InChI is InChI=1S/C22H26N4O3S2/c1-3-4-12-26-20-10-9-17(31(23,28)29)14-18(20)24-22(26)30-15(2)21(27)25-13-11-16-7-5-6-8-19(16)25/h5-10,14-15H,3-4,11-13H2,1-2H3,(H2,23,28,29). The molecule has 1 unspecified atom stereocenters. The molecule has 4 rings (SSSR count). The zero-order chi connectivity index (χ0) is 22.2. The topological polar surface area (TPSA) is 98.3 Å². The molecule has 2 heterocycles. The minimum absolute atomic E-state index is 0.0366. The lowest BCUT2D eigenvalue weighted by atomic mass is 10.2. The number of hydrogen-bond acceptors (Lipinski definition) is 5. The Morgan fingerprint density at radius 2 is 2.03 bits per heavy atom. The highest BCUT2D eigenvalue weighted by molar-refractivity contribution is 8.00. The van der Waals surface area contributed by atoms with E-state index in [9.17, 15) is 13.2 Å². The maximum Gasteiger partial charge on any atom is 0.240 e. The Kier molecular flexibility index (Phi) is 6.09. The molecule has 2 N–H and O–H groups in total. The van der Waals surface area contributed by atoms with Crippen molar-refractivity contribution >= 4 is 44.4 Å². The van der Waals surface area contributed by atoms with Gasteiger partial charge in [0.1, 0.15) is 0 Å². The van der Waals surface area contributed by atoms with Gasteiger partial charge in [0.05, 0.1) is 21.2 Å². The molecule has 1 atom stereocenters. The first-order chi connectivity index (χ1) is 14.8. The van der Waals surface area contributed by atoms with Crippen molar-refractivity contribution in [1.82, 2.24) is 9.55 Å². The van der Waals surface area contributed by atoms with E-state index in [1.807, 2.05) is 30.0 Å². The van der Waals surface area contributed by atoms with Gasteiger partial charge in [0.25, 0.3) is 0 Å². The van der Waals surface area contributed by atoms with Gasteiger partial charge < -0.3 is 9.47 Å². The fraction of sp³-hybridized carbons (Fsp3) is 0.364. The van der Waals surface area contributed by atoms with Crippen molar-refractivity contribution in [1.29, 1.82) is 0 Å². The van der Waals surface area contributed by atoms with Gasteiger partial charge in [0.15, 0.2) is 5.16 Å². The molecule has 1 aromatic heterocycles. The normalized spacial score (nSPS) is 14.7. The highest BCUT2D eigenvalue weighted by Gasteiger charge is 2.29. The van der Waals surface area contributed by atoms with Crippen LogP contribution >= 0.6 is 11.8 Å². The van der Waals surface area contributed by atoms with E-state index >= 15 is 0 Å². The van der Waals surface area contributed by atoms with Crippen LogP contribution in [0.1, 0.15) is 32.3 Å². The monoisotopic (exact) mass is 458 g/mol. The molecular formula is C22H26N4O3S2. The van der Waals surface area contributed by atoms with Gasteiger partial charge >= 0.3 is 0 Å². The Hall–Kier alpha value is -2.36. The van der Waals surface area contributed by atoms with Crippen LogP contribution in [-0.2, 0) is 27.8 Å². The van der Waals surface area contributed by atoms with Crippen LogP contribution in [0, 0.1) is 0 Å². The lowest BCUT2D eigenvalue weighted by Crippen LogP contribution is -2.35. The summed E-state index contributed by atoms with van der Waals surface area (Å²) in [5, 5.41) is 5.66. The third kappa shape index (κ3) is 4.35. The average Bonchev–Trinajstić information content (AvgIpc) is 3.31. The number of benzene rings is 2. The molecule has 0 spiro atoms. The molecule has 31 heavy (non-hydrogen) atoms. The van der Waals surface area contributed by atoms with Gasteiger partial charge in [-0.05, 0) is 49.6 Å². The zero-order valence-electron chi connectivity index (χ0n) is 17.6. The number of carbonyl (C=O) groups excluding carboxylic acids is 1. The summed E-state index contributed by atoms with van der Waals surface area (Å²) in [6.07, 6.45) is 2.83. The molecule has 164 valence electrons. The molecule has 1 aliphatic rings. The molecule has 2 aromatic carbocycles. The Labute approximate surface area is 186 Å². The second-order valence-corrected chi connectivity index (χ2v) is 10.6. The first kappa shape index (κ1) is 21.9. The van der Waals surface area contributed by atoms with Crippen molar-refractivity contribution in [3.63, 3.8) is 0 Å². The maximum atomic E-state index is 13.2. The summed E-state index contributed by atoms with van der Waals surface area (Å²) in [5.74, 6) is 0.0503. The van der Waals surface area contributed by atoms with Crippen LogP contribution in [-0.4, -0.2) is 35.7 Å². The number of hydrogen-bond donors (Lipinski definition) is 1. The minimum Gasteiger partial charge on any atom is -0.319 e. The van der Waals surface area contributed by atoms with Crippen LogP contribution in [0.15, 0.2) is 52.5 Å². The Bertz CT molecular complexity index is 1240. The second kappa shape index (κ2) is 8.64. The molecule has 3 aromatic rings. The number of aryl methyl sites for hydroxylation is 1. The molecule has 0 saturated heterocycles. The smallest absolute Gasteiger partial charge is 0.240 e. The van der Waals surface area contributed by atoms with E-state index in [2.05, 4.69) is 22.5 Å². The quantitative estimate of drug-likeness (QED) is 0.546. The van der Waals surface area contributed by atoms with Crippen molar-refractivity contribution < 1.29 is 13.2 Å². The number of rotatable bonds is 7. The van der Waals surface area contributed by atoms with Crippen LogP contribution in [0.5, 0.6) is 0 Å². The summed E-state index contributed by atoms with van der Waals surface area (Å²) in [7, 11) is -3.81. The van der Waals surface area contributed by atoms with E-state index in [4.69, 9.17) is 5.14 Å². The van der Waals surface area contributed by atoms with Gasteiger partial charge in [0.2, 0.25) is 15.9 Å². The fourth-order valence-corrected chi connectivity index (χ4v) is 5.43. The third-order valence-corrected chi connectivity index (χ3v) is 7.52. The van der Waals surface area contributed by atoms with E-state index in [0.29, 0.717) is 17.2 Å². The van der Waals surface area contributed by atoms with Gasteiger partial charge in [-0.1, -0.05) is 43.3 Å². The lowest BCUT2D eigenvalue weighted by molar-refractivity contribution is -0.117. The summed E-state index contributed by atoms with van der Waals surface area (Å²) in [6.45, 7) is 5.44. The average molecular weight is 459 g/mol. The largest absolute Gasteiger partial charge is 0.319 e. The van der Waals surface area contributed by atoms with E-state index in [0.717, 1.165) is 37.0 Å². The van der Waals surface area contributed by atoms with Crippen LogP contribution < -0.4 is 10.0 Å². The Balaban J connectivity index is 1.64. The number of aromatic nitrogens is 2. The first-order valence-electron chi connectivity index (χ1n) is 10.4. The number of nitrogens with two attached hydrogens (primary N) is 1. The molecule has 0 bridgehead atoms. The molecule has 0 fully saturated rings. The molecule has 0 radical (unpaired) electrons. The molecular weight excluding hydrogens is 432 g/mol. The van der Waals surface area contributed by atoms with Crippen molar-refractivity contribution in [2.75, 3.05) is 11.4 Å². The van der Waals surface area contributed by atoms with Crippen molar-refractivity contribution in [2.24, 2.45) is 5.14 Å². The van der Waals surface area contributed by atoms with Gasteiger partial charge in [0, 0.05) is 18.8 Å². The van der Waals surface area contributed by atoms with Crippen LogP contribution in [0.3, 0.4) is 0 Å². The summed E-state index contributed by atoms with van der Waals surface area (Å²) in [4.78, 5) is 19.8. The number of imidazole rings is 1. The predicted octanol–water partition coefficient (Wildman–Crippen LogP) is 3.55. The van der Waals surface area contributed by atoms with Gasteiger partial charge in [-0.3, -0.25) is 4.79 Å². The van der Waals surface area contributed by atoms with Crippen molar-refractivity contribution in [3.05, 3.63) is 48.0 Å². The number of anilines is 1. The second-order valence-electron chi connectivity index (χ2n) is 7.72. The Morgan fingerprint density at radius 1 is 1.26 bits per heavy atom. The first-order valence-corrected chi connectivity index (χ1v) is 12.8. The minimum atomic E-state index is -3.81. The zero-order valence-corrected chi connectivity index (χ0v) is 19.2. The number of unbranched alkanes of at least 4 members (excludes halogenated alkanes) is 1. The highest BCUT2D eigenvalue weighted by Crippen LogP contribution is 2.33. The Morgan fingerprint density at radius 3 is 2.77 bits per heavy atom. The number of primary sulfonamides is 1. The number of carbonyl (C=O) groups is 1. The SMILES string of the molecule is CCCCn1c(SC(C)C(=O)N2CCc3ccccc32)nc2cc(S(N)(=O)=O)ccc21. The van der Waals surface area contributed by atoms with E-state index in [1.165, 1.54) is 29.5 Å². The van der Waals surface area contributed by atoms with Crippen LogP contribution in [0.2, 0.25) is 0 Å².